The van der Waals surface area contributed by atoms with Crippen molar-refractivity contribution in [2.75, 3.05) is 18.8 Å². The highest BCUT2D eigenvalue weighted by Gasteiger charge is 2.22. The molecule has 122 valence electrons. The van der Waals surface area contributed by atoms with Crippen LogP contribution in [0.3, 0.4) is 0 Å². The number of amides is 1. The molecule has 7 nitrogen and oxygen atoms in total. The van der Waals surface area contributed by atoms with Gasteiger partial charge in [0.15, 0.2) is 0 Å². The van der Waals surface area contributed by atoms with Crippen LogP contribution in [-0.4, -0.2) is 53.0 Å². The van der Waals surface area contributed by atoms with Crippen LogP contribution in [0.25, 0.3) is 0 Å². The molecule has 1 amide bonds. The Morgan fingerprint density at radius 2 is 1.95 bits per heavy atom. The van der Waals surface area contributed by atoms with Crippen molar-refractivity contribution in [3.8, 4) is 0 Å². The van der Waals surface area contributed by atoms with Gasteiger partial charge in [-0.25, -0.2) is 18.2 Å². The fourth-order valence-corrected chi connectivity index (χ4v) is 2.99. The summed E-state index contributed by atoms with van der Waals surface area (Å²) in [7, 11) is -3.55. The van der Waals surface area contributed by atoms with Crippen LogP contribution in [0.15, 0.2) is 36.8 Å². The number of hydrogen-bond acceptors (Lipinski definition) is 5. The predicted molar refractivity (Wildman–Crippen MR) is 84.4 cm³/mol. The van der Waals surface area contributed by atoms with E-state index in [1.54, 1.807) is 12.2 Å². The van der Waals surface area contributed by atoms with E-state index in [9.17, 15) is 13.2 Å². The monoisotopic (exact) mass is 326 g/mol. The number of unbranched alkanes of at least 4 members (excludes halogenated alkanes) is 2. The highest BCUT2D eigenvalue weighted by molar-refractivity contribution is 7.91. The molecule has 0 saturated carbocycles. The minimum absolute atomic E-state index is 0.0118. The summed E-state index contributed by atoms with van der Waals surface area (Å²) in [6.07, 6.45) is 6.56. The van der Waals surface area contributed by atoms with Gasteiger partial charge in [-0.15, -0.1) is 18.3 Å². The molecule has 1 aromatic rings. The van der Waals surface area contributed by atoms with Crippen molar-refractivity contribution in [3.63, 3.8) is 0 Å². The summed E-state index contributed by atoms with van der Waals surface area (Å²) in [6.45, 7) is 9.76. The molecule has 0 aliphatic carbocycles. The number of nitrogens with zero attached hydrogens (tertiary/aromatic N) is 4. The zero-order valence-corrected chi connectivity index (χ0v) is 13.6. The lowest BCUT2D eigenvalue weighted by molar-refractivity contribution is 0.206. The maximum Gasteiger partial charge on any atom is 0.346 e. The Balaban J connectivity index is 2.88. The molecule has 0 N–H and O–H groups in total. The molecule has 1 rings (SSSR count). The molecule has 22 heavy (non-hydrogen) atoms. The van der Waals surface area contributed by atoms with Crippen molar-refractivity contribution in [3.05, 3.63) is 31.6 Å². The lowest BCUT2D eigenvalue weighted by atomic mass is 10.3. The average Bonchev–Trinajstić information content (AvgIpc) is 2.97. The molecular weight excluding hydrogens is 304 g/mol. The summed E-state index contributed by atoms with van der Waals surface area (Å²) < 4.78 is 25.1. The molecule has 0 aliphatic rings. The van der Waals surface area contributed by atoms with Crippen molar-refractivity contribution in [1.29, 1.82) is 0 Å². The van der Waals surface area contributed by atoms with E-state index in [0.29, 0.717) is 19.5 Å². The normalized spacial score (nSPS) is 11.1. The molecule has 0 saturated heterocycles. The first kappa shape index (κ1) is 18.1. The molecular formula is C14H22N4O3S. The first-order chi connectivity index (χ1) is 10.5. The third-order valence-electron chi connectivity index (χ3n) is 2.93. The average molecular weight is 326 g/mol. The van der Waals surface area contributed by atoms with Gasteiger partial charge in [0.1, 0.15) is 6.33 Å². The molecule has 0 aliphatic heterocycles. The summed E-state index contributed by atoms with van der Waals surface area (Å²) in [6, 6.07) is -0.470. The van der Waals surface area contributed by atoms with Crippen LogP contribution in [0.5, 0.6) is 0 Å². The van der Waals surface area contributed by atoms with E-state index in [1.807, 2.05) is 6.92 Å². The molecule has 0 atom stereocenters. The van der Waals surface area contributed by atoms with E-state index in [1.165, 1.54) is 4.90 Å². The van der Waals surface area contributed by atoms with Crippen molar-refractivity contribution in [1.82, 2.24) is 19.7 Å². The van der Waals surface area contributed by atoms with Gasteiger partial charge in [-0.2, -0.15) is 4.68 Å². The minimum Gasteiger partial charge on any atom is -0.315 e. The molecule has 1 heterocycles. The molecule has 0 unspecified atom stereocenters. The standard InChI is InChI=1S/C14H22N4O3S/c1-4-7-8-11-22(20,21)13-15-12-18(16-13)14(19)17(9-5-2)10-6-3/h5-6,12H,2-4,7-11H2,1H3. The Morgan fingerprint density at radius 3 is 2.50 bits per heavy atom. The van der Waals surface area contributed by atoms with Crippen LogP contribution in [0.4, 0.5) is 4.79 Å². The fourth-order valence-electron chi connectivity index (χ4n) is 1.80. The maximum atomic E-state index is 12.2. The molecule has 0 bridgehead atoms. The number of carbonyl (C=O) groups is 1. The third-order valence-corrected chi connectivity index (χ3v) is 4.50. The van der Waals surface area contributed by atoms with E-state index in [2.05, 4.69) is 23.2 Å². The van der Waals surface area contributed by atoms with Crippen molar-refractivity contribution >= 4 is 15.9 Å². The van der Waals surface area contributed by atoms with Crippen molar-refractivity contribution in [2.45, 2.75) is 31.3 Å². The zero-order chi connectivity index (χ0) is 16.6. The van der Waals surface area contributed by atoms with E-state index in [0.717, 1.165) is 23.9 Å². The lowest BCUT2D eigenvalue weighted by Gasteiger charge is -2.17. The summed E-state index contributed by atoms with van der Waals surface area (Å²) >= 11 is 0. The summed E-state index contributed by atoms with van der Waals surface area (Å²) in [5.74, 6) is -0.0118. The van der Waals surface area contributed by atoms with E-state index in [-0.39, 0.29) is 10.9 Å². The predicted octanol–water partition coefficient (Wildman–Crippen LogP) is 1.88. The Morgan fingerprint density at radius 1 is 1.32 bits per heavy atom. The Kier molecular flexibility index (Phi) is 6.97. The van der Waals surface area contributed by atoms with Crippen LogP contribution in [0, 0.1) is 0 Å². The summed E-state index contributed by atoms with van der Waals surface area (Å²) in [4.78, 5) is 17.4. The second-order valence-corrected chi connectivity index (χ2v) is 6.77. The number of sulfone groups is 1. The van der Waals surface area contributed by atoms with Gasteiger partial charge >= 0.3 is 6.03 Å². The number of aromatic nitrogens is 3. The highest BCUT2D eigenvalue weighted by atomic mass is 32.2. The van der Waals surface area contributed by atoms with Crippen LogP contribution in [-0.2, 0) is 9.84 Å². The Labute approximate surface area is 131 Å². The third kappa shape index (κ3) is 4.80. The number of rotatable bonds is 9. The van der Waals surface area contributed by atoms with Gasteiger partial charge in [0.05, 0.1) is 5.75 Å². The van der Waals surface area contributed by atoms with Crippen LogP contribution < -0.4 is 0 Å². The van der Waals surface area contributed by atoms with Gasteiger partial charge < -0.3 is 4.90 Å². The van der Waals surface area contributed by atoms with Gasteiger partial charge in [-0.3, -0.25) is 0 Å². The topological polar surface area (TPSA) is 85.2 Å². The minimum atomic E-state index is -3.55. The lowest BCUT2D eigenvalue weighted by Crippen LogP contribution is -2.35. The second-order valence-electron chi connectivity index (χ2n) is 4.76. The van der Waals surface area contributed by atoms with Gasteiger partial charge in [0.2, 0.25) is 9.84 Å². The van der Waals surface area contributed by atoms with Crippen LogP contribution in [0.1, 0.15) is 26.2 Å². The van der Waals surface area contributed by atoms with E-state index < -0.39 is 15.9 Å². The van der Waals surface area contributed by atoms with E-state index >= 15 is 0 Å². The molecule has 8 heteroatoms. The highest BCUT2D eigenvalue weighted by Crippen LogP contribution is 2.08. The summed E-state index contributed by atoms with van der Waals surface area (Å²) in [5, 5.41) is 3.49. The quantitative estimate of drug-likeness (QED) is 0.511. The first-order valence-corrected chi connectivity index (χ1v) is 8.77. The number of carbonyl (C=O) groups excluding carboxylic acids is 1. The first-order valence-electron chi connectivity index (χ1n) is 7.11. The molecule has 0 radical (unpaired) electrons. The van der Waals surface area contributed by atoms with Crippen molar-refractivity contribution < 1.29 is 13.2 Å². The molecule has 1 aromatic heterocycles. The summed E-state index contributed by atoms with van der Waals surface area (Å²) in [5.41, 5.74) is 0. The van der Waals surface area contributed by atoms with Crippen molar-refractivity contribution in [2.24, 2.45) is 0 Å². The van der Waals surface area contributed by atoms with Gasteiger partial charge in [0.25, 0.3) is 5.16 Å². The van der Waals surface area contributed by atoms with Crippen LogP contribution in [0.2, 0.25) is 0 Å². The molecule has 0 fully saturated rings. The number of hydrogen-bond donors (Lipinski definition) is 0. The molecule has 0 aromatic carbocycles. The largest absolute Gasteiger partial charge is 0.346 e. The smallest absolute Gasteiger partial charge is 0.315 e. The SMILES string of the molecule is C=CCN(CC=C)C(=O)n1cnc(S(=O)(=O)CCCCC)n1. The Hall–Kier alpha value is -1.96. The molecule has 0 spiro atoms. The van der Waals surface area contributed by atoms with E-state index in [4.69, 9.17) is 0 Å². The van der Waals surface area contributed by atoms with Gasteiger partial charge in [-0.1, -0.05) is 31.9 Å². The zero-order valence-electron chi connectivity index (χ0n) is 12.8. The van der Waals surface area contributed by atoms with Crippen LogP contribution >= 0.6 is 0 Å². The van der Waals surface area contributed by atoms with Gasteiger partial charge in [0, 0.05) is 13.1 Å². The maximum absolute atomic E-state index is 12.2. The second kappa shape index (κ2) is 8.47. The van der Waals surface area contributed by atoms with Gasteiger partial charge in [-0.05, 0) is 6.42 Å². The fraction of sp³-hybridized carbons (Fsp3) is 0.500. The Bertz CT molecular complexity index is 612.